The molecule has 118 valence electrons. The fourth-order valence-corrected chi connectivity index (χ4v) is 3.57. The number of nitrogens with zero attached hydrogens (tertiary/aromatic N) is 1. The van der Waals surface area contributed by atoms with E-state index in [-0.39, 0.29) is 17.0 Å². The van der Waals surface area contributed by atoms with E-state index in [2.05, 4.69) is 20.7 Å². The molecule has 0 aromatic heterocycles. The number of halogens is 1. The highest BCUT2D eigenvalue weighted by molar-refractivity contribution is 9.10. The Kier molecular flexibility index (Phi) is 6.33. The summed E-state index contributed by atoms with van der Waals surface area (Å²) in [7, 11) is -1.85. The predicted octanol–water partition coefficient (Wildman–Crippen LogP) is 1.69. The predicted molar refractivity (Wildman–Crippen MR) is 84.2 cm³/mol. The minimum atomic E-state index is -3.74. The van der Waals surface area contributed by atoms with Crippen LogP contribution in [-0.4, -0.2) is 51.1 Å². The molecule has 21 heavy (non-hydrogen) atoms. The highest BCUT2D eigenvalue weighted by Gasteiger charge is 2.20. The first kappa shape index (κ1) is 18.1. The Labute approximate surface area is 133 Å². The summed E-state index contributed by atoms with van der Waals surface area (Å²) >= 11 is 3.20. The van der Waals surface area contributed by atoms with Crippen molar-refractivity contribution in [2.24, 2.45) is 0 Å². The second-order valence-electron chi connectivity index (χ2n) is 4.68. The van der Waals surface area contributed by atoms with Gasteiger partial charge >= 0.3 is 5.97 Å². The summed E-state index contributed by atoms with van der Waals surface area (Å²) in [6, 6.07) is 2.57. The minimum absolute atomic E-state index is 0.0200. The molecule has 1 aromatic rings. The van der Waals surface area contributed by atoms with Gasteiger partial charge < -0.3 is 10.0 Å². The Morgan fingerprint density at radius 2 is 2.05 bits per heavy atom. The molecule has 6 nitrogen and oxygen atoms in total. The zero-order chi connectivity index (χ0) is 16.2. The van der Waals surface area contributed by atoms with Gasteiger partial charge in [-0.3, -0.25) is 0 Å². The maximum Gasteiger partial charge on any atom is 0.335 e. The van der Waals surface area contributed by atoms with Crippen molar-refractivity contribution in [1.82, 2.24) is 9.62 Å². The molecule has 2 N–H and O–H groups in total. The molecule has 0 spiro atoms. The summed E-state index contributed by atoms with van der Waals surface area (Å²) < 4.78 is 27.6. The van der Waals surface area contributed by atoms with Crippen LogP contribution in [-0.2, 0) is 10.0 Å². The first-order valence-electron chi connectivity index (χ1n) is 6.40. The molecule has 0 atom stereocenters. The molecule has 0 amide bonds. The van der Waals surface area contributed by atoms with Crippen LogP contribution in [0.1, 0.15) is 22.8 Å². The van der Waals surface area contributed by atoms with Gasteiger partial charge in [-0.05, 0) is 38.2 Å². The van der Waals surface area contributed by atoms with Gasteiger partial charge in [0.25, 0.3) is 0 Å². The molecule has 1 aromatic carbocycles. The maximum absolute atomic E-state index is 12.3. The van der Waals surface area contributed by atoms with Crippen LogP contribution in [0.2, 0.25) is 0 Å². The molecule has 0 aliphatic carbocycles. The van der Waals surface area contributed by atoms with Crippen molar-refractivity contribution < 1.29 is 18.3 Å². The first-order chi connectivity index (χ1) is 9.69. The van der Waals surface area contributed by atoms with E-state index in [1.54, 1.807) is 6.92 Å². The number of sulfonamides is 1. The molecule has 0 aliphatic rings. The Morgan fingerprint density at radius 3 is 2.57 bits per heavy atom. The molecule has 0 bridgehead atoms. The Balaban J connectivity index is 3.05. The average Bonchev–Trinajstić information content (AvgIpc) is 2.40. The summed E-state index contributed by atoms with van der Waals surface area (Å²) in [5.74, 6) is -1.17. The lowest BCUT2D eigenvalue weighted by Crippen LogP contribution is -2.33. The number of nitrogens with one attached hydrogen (secondary N) is 1. The van der Waals surface area contributed by atoms with Crippen molar-refractivity contribution in [3.8, 4) is 0 Å². The smallest absolute Gasteiger partial charge is 0.335 e. The van der Waals surface area contributed by atoms with E-state index >= 15 is 0 Å². The van der Waals surface area contributed by atoms with Gasteiger partial charge in [0.1, 0.15) is 0 Å². The number of carboxylic acids is 1. The molecule has 0 radical (unpaired) electrons. The van der Waals surface area contributed by atoms with Gasteiger partial charge in [0, 0.05) is 17.6 Å². The van der Waals surface area contributed by atoms with E-state index in [1.165, 1.54) is 12.1 Å². The third-order valence-corrected chi connectivity index (χ3v) is 5.57. The van der Waals surface area contributed by atoms with Gasteiger partial charge in [0.2, 0.25) is 10.0 Å². The SMILES string of the molecule is CCN(C)CCNS(=O)(=O)c1cc(C(=O)O)cc(Br)c1C. The van der Waals surface area contributed by atoms with Crippen LogP contribution in [0.15, 0.2) is 21.5 Å². The number of benzene rings is 1. The van der Waals surface area contributed by atoms with Gasteiger partial charge in [-0.25, -0.2) is 17.9 Å². The lowest BCUT2D eigenvalue weighted by Gasteiger charge is -2.15. The molecule has 0 fully saturated rings. The van der Waals surface area contributed by atoms with Crippen molar-refractivity contribution in [2.45, 2.75) is 18.7 Å². The lowest BCUT2D eigenvalue weighted by atomic mass is 10.1. The summed E-state index contributed by atoms with van der Waals surface area (Å²) in [4.78, 5) is 13.0. The van der Waals surface area contributed by atoms with E-state index in [9.17, 15) is 13.2 Å². The number of aromatic carboxylic acids is 1. The van der Waals surface area contributed by atoms with Crippen LogP contribution >= 0.6 is 15.9 Å². The number of carbonyl (C=O) groups is 1. The third kappa shape index (κ3) is 4.77. The lowest BCUT2D eigenvalue weighted by molar-refractivity contribution is 0.0696. The monoisotopic (exact) mass is 378 g/mol. The fourth-order valence-electron chi connectivity index (χ4n) is 1.66. The number of hydrogen-bond donors (Lipinski definition) is 2. The molecule has 0 saturated heterocycles. The Hall–Kier alpha value is -0.960. The number of rotatable bonds is 7. The second kappa shape index (κ2) is 7.35. The average molecular weight is 379 g/mol. The molecule has 0 aliphatic heterocycles. The van der Waals surface area contributed by atoms with Crippen LogP contribution in [0.4, 0.5) is 0 Å². The van der Waals surface area contributed by atoms with Crippen LogP contribution in [0.5, 0.6) is 0 Å². The number of carboxylic acid groups (broad SMARTS) is 1. The molecule has 0 saturated carbocycles. The number of likely N-dealkylation sites (N-methyl/N-ethyl adjacent to an activating group) is 1. The zero-order valence-electron chi connectivity index (χ0n) is 12.2. The summed E-state index contributed by atoms with van der Waals surface area (Å²) in [6.07, 6.45) is 0. The van der Waals surface area contributed by atoms with Crippen LogP contribution < -0.4 is 4.72 Å². The van der Waals surface area contributed by atoms with Crippen LogP contribution in [0.3, 0.4) is 0 Å². The Morgan fingerprint density at radius 1 is 1.43 bits per heavy atom. The van der Waals surface area contributed by atoms with Crippen LogP contribution in [0.25, 0.3) is 0 Å². The standard InChI is InChI=1S/C13H19BrN2O4S/c1-4-16(3)6-5-15-21(19,20)12-8-10(13(17)18)7-11(14)9(12)2/h7-8,15H,4-6H2,1-3H3,(H,17,18). The van der Waals surface area contributed by atoms with E-state index in [1.807, 2.05) is 18.9 Å². The highest BCUT2D eigenvalue weighted by Crippen LogP contribution is 2.25. The third-order valence-electron chi connectivity index (χ3n) is 3.16. The van der Waals surface area contributed by atoms with E-state index in [4.69, 9.17) is 5.11 Å². The molecular weight excluding hydrogens is 360 g/mol. The van der Waals surface area contributed by atoms with Gasteiger partial charge in [-0.2, -0.15) is 0 Å². The van der Waals surface area contributed by atoms with Crippen molar-refractivity contribution in [2.75, 3.05) is 26.7 Å². The molecule has 0 heterocycles. The summed E-state index contributed by atoms with van der Waals surface area (Å²) in [5, 5.41) is 9.03. The summed E-state index contributed by atoms with van der Waals surface area (Å²) in [5.41, 5.74) is 0.412. The zero-order valence-corrected chi connectivity index (χ0v) is 14.6. The fraction of sp³-hybridized carbons (Fsp3) is 0.462. The van der Waals surface area contributed by atoms with Crippen molar-refractivity contribution in [1.29, 1.82) is 0 Å². The van der Waals surface area contributed by atoms with Gasteiger partial charge in [-0.1, -0.05) is 22.9 Å². The minimum Gasteiger partial charge on any atom is -0.478 e. The first-order valence-corrected chi connectivity index (χ1v) is 8.68. The van der Waals surface area contributed by atoms with Gasteiger partial charge in [0.15, 0.2) is 0 Å². The van der Waals surface area contributed by atoms with Crippen molar-refractivity contribution >= 4 is 31.9 Å². The molecule has 0 unspecified atom stereocenters. The van der Waals surface area contributed by atoms with Crippen molar-refractivity contribution in [3.05, 3.63) is 27.7 Å². The quantitative estimate of drug-likeness (QED) is 0.753. The molecular formula is C13H19BrN2O4S. The van der Waals surface area contributed by atoms with Gasteiger partial charge in [-0.15, -0.1) is 0 Å². The van der Waals surface area contributed by atoms with Crippen LogP contribution in [0, 0.1) is 6.92 Å². The maximum atomic E-state index is 12.3. The highest BCUT2D eigenvalue weighted by atomic mass is 79.9. The van der Waals surface area contributed by atoms with E-state index in [0.717, 1.165) is 6.54 Å². The second-order valence-corrected chi connectivity index (χ2v) is 7.27. The Bertz CT molecular complexity index is 631. The normalized spacial score (nSPS) is 11.9. The molecule has 8 heteroatoms. The van der Waals surface area contributed by atoms with E-state index < -0.39 is 16.0 Å². The van der Waals surface area contributed by atoms with E-state index in [0.29, 0.717) is 16.6 Å². The molecule has 1 rings (SSSR count). The van der Waals surface area contributed by atoms with Crippen molar-refractivity contribution in [3.63, 3.8) is 0 Å². The topological polar surface area (TPSA) is 86.7 Å². The van der Waals surface area contributed by atoms with Gasteiger partial charge in [0.05, 0.1) is 10.5 Å². The largest absolute Gasteiger partial charge is 0.478 e. The summed E-state index contributed by atoms with van der Waals surface area (Å²) in [6.45, 7) is 5.27. The number of hydrogen-bond acceptors (Lipinski definition) is 4.